The largest absolute Gasteiger partial charge is 0.494 e. The van der Waals surface area contributed by atoms with Crippen molar-refractivity contribution in [3.63, 3.8) is 0 Å². The fourth-order valence-electron chi connectivity index (χ4n) is 3.54. The van der Waals surface area contributed by atoms with Gasteiger partial charge in [0.15, 0.2) is 6.04 Å². The van der Waals surface area contributed by atoms with E-state index in [9.17, 15) is 9.59 Å². The highest BCUT2D eigenvalue weighted by Crippen LogP contribution is 2.39. The lowest BCUT2D eigenvalue weighted by molar-refractivity contribution is -0.151. The number of carbonyl (C=O) groups excluding carboxylic acids is 2. The molecule has 180 valence electrons. The third-order valence-electron chi connectivity index (χ3n) is 5.31. The van der Waals surface area contributed by atoms with Crippen LogP contribution in [-0.4, -0.2) is 34.3 Å². The molecule has 1 saturated heterocycles. The standard InChI is InChI=1S/C27H31NO4S2/c1-3-5-6-10-18-31-22-15-13-20(14-16-22)19-23-25(29)28(27(33)34-23)24(26(30)32-17-4-2)21-11-8-7-9-12-21/h7-9,11-16,19,24H,3-6,10,17-18H2,1-2H3/b23-19-. The van der Waals surface area contributed by atoms with Gasteiger partial charge in [-0.25, -0.2) is 4.79 Å². The van der Waals surface area contributed by atoms with Gasteiger partial charge < -0.3 is 9.47 Å². The topological polar surface area (TPSA) is 55.8 Å². The average Bonchev–Trinajstić information content (AvgIpc) is 3.12. The van der Waals surface area contributed by atoms with Crippen LogP contribution in [0.25, 0.3) is 6.08 Å². The number of nitrogens with zero attached hydrogens (tertiary/aromatic N) is 1. The van der Waals surface area contributed by atoms with Crippen LogP contribution in [0.5, 0.6) is 5.75 Å². The van der Waals surface area contributed by atoms with E-state index >= 15 is 0 Å². The van der Waals surface area contributed by atoms with E-state index in [-0.39, 0.29) is 5.91 Å². The van der Waals surface area contributed by atoms with Crippen molar-refractivity contribution in [3.05, 3.63) is 70.6 Å². The molecule has 0 N–H and O–H groups in total. The quantitative estimate of drug-likeness (QED) is 0.144. The van der Waals surface area contributed by atoms with Gasteiger partial charge in [0, 0.05) is 0 Å². The zero-order valence-corrected chi connectivity index (χ0v) is 21.3. The number of unbranched alkanes of at least 4 members (excludes halogenated alkanes) is 3. The Kier molecular flexibility index (Phi) is 10.2. The summed E-state index contributed by atoms with van der Waals surface area (Å²) in [7, 11) is 0. The molecule has 0 aliphatic carbocycles. The minimum Gasteiger partial charge on any atom is -0.494 e. The molecule has 1 amide bonds. The second kappa shape index (κ2) is 13.3. The van der Waals surface area contributed by atoms with Gasteiger partial charge in [-0.05, 0) is 42.2 Å². The first-order valence-electron chi connectivity index (χ1n) is 11.8. The van der Waals surface area contributed by atoms with Crippen molar-refractivity contribution in [1.82, 2.24) is 4.90 Å². The third kappa shape index (κ3) is 6.93. The fourth-order valence-corrected chi connectivity index (χ4v) is 4.85. The molecule has 1 aliphatic rings. The zero-order valence-electron chi connectivity index (χ0n) is 19.7. The van der Waals surface area contributed by atoms with Crippen molar-refractivity contribution in [2.24, 2.45) is 0 Å². The summed E-state index contributed by atoms with van der Waals surface area (Å²) in [6.07, 6.45) is 7.14. The van der Waals surface area contributed by atoms with Crippen molar-refractivity contribution in [2.45, 2.75) is 52.0 Å². The van der Waals surface area contributed by atoms with Crippen molar-refractivity contribution < 1.29 is 19.1 Å². The summed E-state index contributed by atoms with van der Waals surface area (Å²) in [6, 6.07) is 15.9. The summed E-state index contributed by atoms with van der Waals surface area (Å²) in [5, 5.41) is 0. The van der Waals surface area contributed by atoms with E-state index in [1.807, 2.05) is 49.4 Å². The van der Waals surface area contributed by atoms with Crippen LogP contribution in [0.3, 0.4) is 0 Å². The molecular formula is C27H31NO4S2. The summed E-state index contributed by atoms with van der Waals surface area (Å²) in [6.45, 7) is 5.11. The van der Waals surface area contributed by atoms with Crippen molar-refractivity contribution in [2.75, 3.05) is 13.2 Å². The van der Waals surface area contributed by atoms with Crippen LogP contribution in [0.4, 0.5) is 0 Å². The molecule has 2 aromatic rings. The SMILES string of the molecule is CCCCCCOc1ccc(/C=C2\SC(=S)N(C(C(=O)OCCC)c3ccccc3)C2=O)cc1. The van der Waals surface area contributed by atoms with Gasteiger partial charge in [-0.1, -0.05) is 99.6 Å². The minimum atomic E-state index is -0.908. The maximum absolute atomic E-state index is 13.3. The number of amides is 1. The summed E-state index contributed by atoms with van der Waals surface area (Å²) in [5.41, 5.74) is 1.53. The first kappa shape index (κ1) is 26.0. The van der Waals surface area contributed by atoms with E-state index < -0.39 is 12.0 Å². The Bertz CT molecular complexity index is 1010. The lowest BCUT2D eigenvalue weighted by Gasteiger charge is -2.25. The van der Waals surface area contributed by atoms with Crippen molar-refractivity contribution in [3.8, 4) is 5.75 Å². The number of rotatable bonds is 12. The number of ether oxygens (including phenoxy) is 2. The molecule has 3 rings (SSSR count). The summed E-state index contributed by atoms with van der Waals surface area (Å²) in [5.74, 6) is 0.0311. The first-order chi connectivity index (χ1) is 16.5. The highest BCUT2D eigenvalue weighted by atomic mass is 32.2. The van der Waals surface area contributed by atoms with E-state index in [0.717, 1.165) is 17.7 Å². The molecule has 1 aliphatic heterocycles. The molecule has 1 fully saturated rings. The third-order valence-corrected chi connectivity index (χ3v) is 6.64. The molecular weight excluding hydrogens is 466 g/mol. The van der Waals surface area contributed by atoms with Crippen LogP contribution in [0.2, 0.25) is 0 Å². The molecule has 0 saturated carbocycles. The van der Waals surface area contributed by atoms with Gasteiger partial charge in [0.1, 0.15) is 10.1 Å². The highest BCUT2D eigenvalue weighted by molar-refractivity contribution is 8.26. The van der Waals surface area contributed by atoms with Crippen molar-refractivity contribution >= 4 is 46.3 Å². The van der Waals surface area contributed by atoms with E-state index in [1.54, 1.807) is 18.2 Å². The Morgan fingerprint density at radius 2 is 1.74 bits per heavy atom. The smallest absolute Gasteiger partial charge is 0.333 e. The minimum absolute atomic E-state index is 0.291. The Labute approximate surface area is 211 Å². The molecule has 2 aromatic carbocycles. The number of benzene rings is 2. The van der Waals surface area contributed by atoms with Crippen LogP contribution in [-0.2, 0) is 14.3 Å². The van der Waals surface area contributed by atoms with Crippen LogP contribution in [0.1, 0.15) is 63.1 Å². The molecule has 0 aromatic heterocycles. The Balaban J connectivity index is 1.74. The fraction of sp³-hybridized carbons (Fsp3) is 0.370. The Morgan fingerprint density at radius 3 is 2.41 bits per heavy atom. The maximum Gasteiger partial charge on any atom is 0.333 e. The van der Waals surface area contributed by atoms with Gasteiger partial charge in [-0.15, -0.1) is 0 Å². The van der Waals surface area contributed by atoms with Gasteiger partial charge in [0.25, 0.3) is 5.91 Å². The van der Waals surface area contributed by atoms with Gasteiger partial charge >= 0.3 is 5.97 Å². The Morgan fingerprint density at radius 1 is 1.00 bits per heavy atom. The van der Waals surface area contributed by atoms with Crippen LogP contribution < -0.4 is 4.74 Å². The number of thioether (sulfide) groups is 1. The van der Waals surface area contributed by atoms with Crippen LogP contribution in [0, 0.1) is 0 Å². The van der Waals surface area contributed by atoms with Crippen LogP contribution >= 0.6 is 24.0 Å². The van der Waals surface area contributed by atoms with Crippen molar-refractivity contribution in [1.29, 1.82) is 0 Å². The second-order valence-corrected chi connectivity index (χ2v) is 9.69. The van der Waals surface area contributed by atoms with E-state index in [2.05, 4.69) is 6.92 Å². The molecule has 1 atom stereocenters. The average molecular weight is 498 g/mol. The van der Waals surface area contributed by atoms with E-state index in [4.69, 9.17) is 21.7 Å². The highest BCUT2D eigenvalue weighted by Gasteiger charge is 2.42. The second-order valence-electron chi connectivity index (χ2n) is 8.01. The van der Waals surface area contributed by atoms with Gasteiger partial charge in [0.2, 0.25) is 0 Å². The van der Waals surface area contributed by atoms with Gasteiger partial charge in [0.05, 0.1) is 18.1 Å². The predicted octanol–water partition coefficient (Wildman–Crippen LogP) is 6.54. The normalized spacial score (nSPS) is 15.6. The summed E-state index contributed by atoms with van der Waals surface area (Å²) < 4.78 is 11.5. The predicted molar refractivity (Wildman–Crippen MR) is 142 cm³/mol. The number of carbonyl (C=O) groups is 2. The molecule has 1 unspecified atom stereocenters. The lowest BCUT2D eigenvalue weighted by Crippen LogP contribution is -2.38. The number of hydrogen-bond donors (Lipinski definition) is 0. The maximum atomic E-state index is 13.3. The molecule has 0 radical (unpaired) electrons. The first-order valence-corrected chi connectivity index (χ1v) is 13.0. The molecule has 34 heavy (non-hydrogen) atoms. The van der Waals surface area contributed by atoms with E-state index in [0.29, 0.717) is 34.4 Å². The summed E-state index contributed by atoms with van der Waals surface area (Å²) >= 11 is 6.71. The monoisotopic (exact) mass is 497 g/mol. The molecule has 1 heterocycles. The van der Waals surface area contributed by atoms with Crippen LogP contribution in [0.15, 0.2) is 59.5 Å². The van der Waals surface area contributed by atoms with Gasteiger partial charge in [-0.3, -0.25) is 9.69 Å². The lowest BCUT2D eigenvalue weighted by atomic mass is 10.1. The summed E-state index contributed by atoms with van der Waals surface area (Å²) in [4.78, 5) is 28.1. The van der Waals surface area contributed by atoms with E-state index in [1.165, 1.54) is 35.9 Å². The number of hydrogen-bond acceptors (Lipinski definition) is 6. The number of esters is 1. The number of thiocarbonyl (C=S) groups is 1. The molecule has 5 nitrogen and oxygen atoms in total. The van der Waals surface area contributed by atoms with Gasteiger partial charge in [-0.2, -0.15) is 0 Å². The zero-order chi connectivity index (χ0) is 24.3. The molecule has 0 spiro atoms. The molecule has 7 heteroatoms. The molecule has 0 bridgehead atoms. The Hall–Kier alpha value is -2.64.